The lowest BCUT2D eigenvalue weighted by Crippen LogP contribution is -2.13. The third kappa shape index (κ3) is 4.06. The first kappa shape index (κ1) is 18.4. The second-order valence-electron chi connectivity index (χ2n) is 5.68. The van der Waals surface area contributed by atoms with E-state index in [1.165, 1.54) is 42.5 Å². The van der Waals surface area contributed by atoms with Crippen molar-refractivity contribution < 1.29 is 27.8 Å². The van der Waals surface area contributed by atoms with Crippen molar-refractivity contribution >= 4 is 21.7 Å². The van der Waals surface area contributed by atoms with Gasteiger partial charge in [0.05, 0.1) is 10.6 Å². The first-order chi connectivity index (χ1) is 12.8. The minimum atomic E-state index is -3.98. The lowest BCUT2D eigenvalue weighted by molar-refractivity contribution is 0.0694. The molecule has 0 bridgehead atoms. The third-order valence-electron chi connectivity index (χ3n) is 3.80. The van der Waals surface area contributed by atoms with E-state index in [0.29, 0.717) is 11.1 Å². The van der Waals surface area contributed by atoms with Crippen molar-refractivity contribution in [3.63, 3.8) is 0 Å². The molecule has 138 valence electrons. The van der Waals surface area contributed by atoms with Crippen molar-refractivity contribution in [2.75, 3.05) is 4.72 Å². The van der Waals surface area contributed by atoms with Crippen LogP contribution in [0.2, 0.25) is 0 Å². The summed E-state index contributed by atoms with van der Waals surface area (Å²) in [7, 11) is -3.98. The molecule has 3 aromatic rings. The maximum absolute atomic E-state index is 13.1. The molecule has 3 aromatic carbocycles. The molecule has 0 amide bonds. The summed E-state index contributed by atoms with van der Waals surface area (Å²) < 4.78 is 40.6. The van der Waals surface area contributed by atoms with Crippen molar-refractivity contribution in [3.05, 3.63) is 78.1 Å². The van der Waals surface area contributed by atoms with Crippen molar-refractivity contribution in [2.24, 2.45) is 0 Å². The van der Waals surface area contributed by atoms with Crippen LogP contribution in [0.25, 0.3) is 11.1 Å². The fourth-order valence-corrected chi connectivity index (χ4v) is 3.57. The minimum absolute atomic E-state index is 0.0182. The largest absolute Gasteiger partial charge is 0.507 e. The second-order valence-corrected chi connectivity index (χ2v) is 7.36. The number of phenols is 1. The summed E-state index contributed by atoms with van der Waals surface area (Å²) in [6.45, 7) is 0. The quantitative estimate of drug-likeness (QED) is 0.619. The zero-order valence-corrected chi connectivity index (χ0v) is 14.6. The number of nitrogens with one attached hydrogen (secondary N) is 1. The fourth-order valence-electron chi connectivity index (χ4n) is 2.48. The number of sulfonamides is 1. The molecular formula is C19H14FNO5S. The first-order valence-electron chi connectivity index (χ1n) is 7.71. The van der Waals surface area contributed by atoms with Crippen LogP contribution in [-0.2, 0) is 10.0 Å². The van der Waals surface area contributed by atoms with Gasteiger partial charge in [-0.1, -0.05) is 24.3 Å². The molecule has 0 spiro atoms. The van der Waals surface area contributed by atoms with E-state index >= 15 is 0 Å². The average molecular weight is 387 g/mol. The smallest absolute Gasteiger partial charge is 0.339 e. The van der Waals surface area contributed by atoms with Crippen LogP contribution in [0, 0.1) is 5.82 Å². The number of aromatic hydroxyl groups is 1. The van der Waals surface area contributed by atoms with Gasteiger partial charge >= 0.3 is 5.97 Å². The van der Waals surface area contributed by atoms with E-state index in [2.05, 4.69) is 4.72 Å². The summed E-state index contributed by atoms with van der Waals surface area (Å²) in [4.78, 5) is 10.9. The van der Waals surface area contributed by atoms with Gasteiger partial charge in [0.2, 0.25) is 0 Å². The van der Waals surface area contributed by atoms with Gasteiger partial charge in [0.1, 0.15) is 17.1 Å². The first-order valence-corrected chi connectivity index (χ1v) is 9.20. The maximum atomic E-state index is 13.1. The Morgan fingerprint density at radius 3 is 2.26 bits per heavy atom. The van der Waals surface area contributed by atoms with Crippen LogP contribution in [0.3, 0.4) is 0 Å². The van der Waals surface area contributed by atoms with Gasteiger partial charge in [-0.2, -0.15) is 0 Å². The van der Waals surface area contributed by atoms with Crippen LogP contribution in [-0.4, -0.2) is 24.6 Å². The van der Waals surface area contributed by atoms with Crippen LogP contribution < -0.4 is 4.72 Å². The van der Waals surface area contributed by atoms with Crippen LogP contribution in [0.15, 0.2) is 71.6 Å². The summed E-state index contributed by atoms with van der Waals surface area (Å²) in [5.74, 6) is -2.27. The lowest BCUT2D eigenvalue weighted by Gasteiger charge is -2.11. The second kappa shape index (κ2) is 7.08. The van der Waals surface area contributed by atoms with Crippen molar-refractivity contribution in [3.8, 4) is 16.9 Å². The number of carboxylic acid groups (broad SMARTS) is 1. The molecule has 6 nitrogen and oxygen atoms in total. The molecule has 0 fully saturated rings. The molecule has 0 heterocycles. The number of hydrogen-bond acceptors (Lipinski definition) is 4. The molecule has 0 saturated carbocycles. The van der Waals surface area contributed by atoms with Gasteiger partial charge in [0, 0.05) is 6.07 Å². The SMILES string of the molecule is O=C(O)c1ccc(NS(=O)(=O)c2cccc(-c3ccc(F)cc3)c2)cc1O. The van der Waals surface area contributed by atoms with Crippen LogP contribution in [0.4, 0.5) is 10.1 Å². The summed E-state index contributed by atoms with van der Waals surface area (Å²) in [6, 6.07) is 15.1. The molecule has 0 aliphatic carbocycles. The Bertz CT molecular complexity index is 1110. The number of anilines is 1. The van der Waals surface area contributed by atoms with Crippen LogP contribution >= 0.6 is 0 Å². The van der Waals surface area contributed by atoms with E-state index in [0.717, 1.165) is 12.1 Å². The molecular weight excluding hydrogens is 373 g/mol. The Morgan fingerprint density at radius 1 is 0.926 bits per heavy atom. The summed E-state index contributed by atoms with van der Waals surface area (Å²) >= 11 is 0. The molecule has 8 heteroatoms. The predicted octanol–water partition coefficient (Wildman–Crippen LogP) is 3.70. The van der Waals surface area contributed by atoms with E-state index < -0.39 is 27.6 Å². The van der Waals surface area contributed by atoms with E-state index in [-0.39, 0.29) is 16.1 Å². The topological polar surface area (TPSA) is 104 Å². The Labute approximate surface area is 154 Å². The summed E-state index contributed by atoms with van der Waals surface area (Å²) in [5, 5.41) is 18.6. The lowest BCUT2D eigenvalue weighted by atomic mass is 10.1. The molecule has 3 rings (SSSR count). The van der Waals surface area contributed by atoms with Crippen molar-refractivity contribution in [2.45, 2.75) is 4.90 Å². The molecule has 0 aromatic heterocycles. The molecule has 0 saturated heterocycles. The van der Waals surface area contributed by atoms with Gasteiger partial charge in [-0.05, 0) is 47.5 Å². The van der Waals surface area contributed by atoms with E-state index in [1.54, 1.807) is 12.1 Å². The van der Waals surface area contributed by atoms with Gasteiger partial charge in [0.25, 0.3) is 10.0 Å². The number of hydrogen-bond donors (Lipinski definition) is 3. The number of benzene rings is 3. The fraction of sp³-hybridized carbons (Fsp3) is 0. The highest BCUT2D eigenvalue weighted by Gasteiger charge is 2.17. The van der Waals surface area contributed by atoms with Gasteiger partial charge in [0.15, 0.2) is 0 Å². The Balaban J connectivity index is 1.91. The molecule has 3 N–H and O–H groups in total. The number of rotatable bonds is 5. The number of carboxylic acids is 1. The molecule has 0 atom stereocenters. The molecule has 0 radical (unpaired) electrons. The van der Waals surface area contributed by atoms with Gasteiger partial charge < -0.3 is 10.2 Å². The zero-order valence-electron chi connectivity index (χ0n) is 13.8. The Kier molecular flexibility index (Phi) is 4.83. The molecule has 0 aliphatic heterocycles. The molecule has 27 heavy (non-hydrogen) atoms. The van der Waals surface area contributed by atoms with Gasteiger partial charge in [-0.15, -0.1) is 0 Å². The normalized spacial score (nSPS) is 11.1. The highest BCUT2D eigenvalue weighted by molar-refractivity contribution is 7.92. The molecule has 0 aliphatic rings. The van der Waals surface area contributed by atoms with E-state index in [1.807, 2.05) is 0 Å². The average Bonchev–Trinajstić information content (AvgIpc) is 2.62. The van der Waals surface area contributed by atoms with Gasteiger partial charge in [-0.3, -0.25) is 4.72 Å². The van der Waals surface area contributed by atoms with Crippen molar-refractivity contribution in [1.82, 2.24) is 0 Å². The monoisotopic (exact) mass is 387 g/mol. The highest BCUT2D eigenvalue weighted by atomic mass is 32.2. The zero-order chi connectivity index (χ0) is 19.6. The Hall–Kier alpha value is -3.39. The molecule has 0 unspecified atom stereocenters. The maximum Gasteiger partial charge on any atom is 0.339 e. The number of aromatic carboxylic acids is 1. The number of halogens is 1. The van der Waals surface area contributed by atoms with Crippen LogP contribution in [0.1, 0.15) is 10.4 Å². The van der Waals surface area contributed by atoms with Crippen molar-refractivity contribution in [1.29, 1.82) is 0 Å². The summed E-state index contributed by atoms with van der Waals surface area (Å²) in [5.41, 5.74) is 0.916. The minimum Gasteiger partial charge on any atom is -0.507 e. The summed E-state index contributed by atoms with van der Waals surface area (Å²) in [6.07, 6.45) is 0. The van der Waals surface area contributed by atoms with Crippen LogP contribution in [0.5, 0.6) is 5.75 Å². The standard InChI is InChI=1S/C19H14FNO5S/c20-14-6-4-12(5-7-14)13-2-1-3-16(10-13)27(25,26)21-15-8-9-17(19(23)24)18(22)11-15/h1-11,21-22H,(H,23,24). The van der Waals surface area contributed by atoms with Gasteiger partial charge in [-0.25, -0.2) is 17.6 Å². The predicted molar refractivity (Wildman–Crippen MR) is 97.7 cm³/mol. The number of carbonyl (C=O) groups is 1. The van der Waals surface area contributed by atoms with E-state index in [4.69, 9.17) is 5.11 Å². The Morgan fingerprint density at radius 2 is 1.63 bits per heavy atom. The third-order valence-corrected chi connectivity index (χ3v) is 5.18. The van der Waals surface area contributed by atoms with E-state index in [9.17, 15) is 22.7 Å². The highest BCUT2D eigenvalue weighted by Crippen LogP contribution is 2.26.